The molecule has 1 unspecified atom stereocenters. The Kier molecular flexibility index (Phi) is 3.63. The lowest BCUT2D eigenvalue weighted by Gasteiger charge is -2.37. The van der Waals surface area contributed by atoms with E-state index in [1.54, 1.807) is 0 Å². The molecule has 1 aromatic heterocycles. The molecule has 0 spiro atoms. The molecule has 0 N–H and O–H groups in total. The minimum absolute atomic E-state index is 0.0329. The van der Waals surface area contributed by atoms with Crippen LogP contribution in [0, 0.1) is 0 Å². The SMILES string of the molecule is CN(C)CC[N+]1(C)C=C2C(=O)CC(=O)c3c2n(c2ccc4ccccc4c32)C1. The zero-order chi connectivity index (χ0) is 19.6. The van der Waals surface area contributed by atoms with Crippen molar-refractivity contribution in [3.63, 3.8) is 0 Å². The van der Waals surface area contributed by atoms with E-state index in [0.29, 0.717) is 10.1 Å². The van der Waals surface area contributed by atoms with Crippen LogP contribution >= 0.6 is 0 Å². The average Bonchev–Trinajstić information content (AvgIpc) is 3.00. The molecule has 2 aliphatic rings. The zero-order valence-corrected chi connectivity index (χ0v) is 16.5. The monoisotopic (exact) mass is 374 g/mol. The van der Waals surface area contributed by atoms with Gasteiger partial charge in [-0.25, -0.2) is 0 Å². The summed E-state index contributed by atoms with van der Waals surface area (Å²) < 4.78 is 2.85. The smallest absolute Gasteiger partial charge is 0.178 e. The largest absolute Gasteiger partial charge is 0.304 e. The molecule has 0 bridgehead atoms. The minimum atomic E-state index is -0.0558. The van der Waals surface area contributed by atoms with Crippen LogP contribution in [0.4, 0.5) is 0 Å². The van der Waals surface area contributed by atoms with Crippen LogP contribution in [0.3, 0.4) is 0 Å². The highest BCUT2D eigenvalue weighted by molar-refractivity contribution is 6.37. The fourth-order valence-electron chi connectivity index (χ4n) is 4.65. The summed E-state index contributed by atoms with van der Waals surface area (Å²) in [6.45, 7) is 2.56. The molecule has 0 saturated heterocycles. The molecule has 1 aliphatic heterocycles. The lowest BCUT2D eigenvalue weighted by atomic mass is 9.88. The van der Waals surface area contributed by atoms with Gasteiger partial charge >= 0.3 is 0 Å². The molecule has 0 saturated carbocycles. The van der Waals surface area contributed by atoms with Crippen molar-refractivity contribution in [1.82, 2.24) is 9.47 Å². The number of Topliss-reactive ketones (excluding diaryl/α,β-unsaturated/α-hetero) is 2. The van der Waals surface area contributed by atoms with E-state index in [4.69, 9.17) is 0 Å². The summed E-state index contributed by atoms with van der Waals surface area (Å²) in [5, 5.41) is 3.20. The van der Waals surface area contributed by atoms with Crippen LogP contribution < -0.4 is 0 Å². The standard InChI is InChI=1S/C23H24N3O2/c1-24(2)10-11-26(3)13-17-19(27)12-20(28)22-21-16-7-5-4-6-15(16)8-9-18(21)25(14-26)23(17)22/h4-9,13H,10-12,14H2,1-3H3/q+1. The van der Waals surface area contributed by atoms with Crippen LogP contribution in [0.1, 0.15) is 22.5 Å². The minimum Gasteiger partial charge on any atom is -0.304 e. The topological polar surface area (TPSA) is 42.3 Å². The Bertz CT molecular complexity index is 1200. The van der Waals surface area contributed by atoms with Crippen molar-refractivity contribution in [2.24, 2.45) is 0 Å². The summed E-state index contributed by atoms with van der Waals surface area (Å²) in [6, 6.07) is 12.4. The summed E-state index contributed by atoms with van der Waals surface area (Å²) >= 11 is 0. The Morgan fingerprint density at radius 3 is 2.64 bits per heavy atom. The zero-order valence-electron chi connectivity index (χ0n) is 16.5. The van der Waals surface area contributed by atoms with Gasteiger partial charge < -0.3 is 4.90 Å². The van der Waals surface area contributed by atoms with E-state index in [2.05, 4.69) is 61.1 Å². The molecular weight excluding hydrogens is 350 g/mol. The quantitative estimate of drug-likeness (QED) is 0.522. The van der Waals surface area contributed by atoms with Crippen LogP contribution in [-0.2, 0) is 11.5 Å². The number of aromatic nitrogens is 1. The van der Waals surface area contributed by atoms with Crippen molar-refractivity contribution >= 4 is 38.8 Å². The number of hydrogen-bond acceptors (Lipinski definition) is 3. The number of quaternary nitrogens is 1. The molecule has 5 rings (SSSR count). The molecule has 2 aromatic carbocycles. The summed E-state index contributed by atoms with van der Waals surface area (Å²) in [6.07, 6.45) is 2.05. The van der Waals surface area contributed by atoms with Crippen LogP contribution in [-0.4, -0.2) is 59.7 Å². The van der Waals surface area contributed by atoms with Gasteiger partial charge in [-0.15, -0.1) is 0 Å². The van der Waals surface area contributed by atoms with E-state index in [9.17, 15) is 9.59 Å². The number of likely N-dealkylation sites (N-methyl/N-ethyl adjacent to an activating group) is 2. The van der Waals surface area contributed by atoms with Gasteiger partial charge in [-0.2, -0.15) is 0 Å². The molecule has 5 heteroatoms. The number of allylic oxidation sites excluding steroid dienone is 1. The fraction of sp³-hybridized carbons (Fsp3) is 0.304. The number of ketones is 2. The van der Waals surface area contributed by atoms with E-state index in [1.807, 2.05) is 12.1 Å². The van der Waals surface area contributed by atoms with E-state index >= 15 is 0 Å². The van der Waals surface area contributed by atoms with Gasteiger partial charge in [-0.1, -0.05) is 30.3 Å². The molecule has 3 aromatic rings. The third-order valence-corrected chi connectivity index (χ3v) is 6.07. The third kappa shape index (κ3) is 2.40. The van der Waals surface area contributed by atoms with Gasteiger partial charge in [0.25, 0.3) is 0 Å². The van der Waals surface area contributed by atoms with Crippen LogP contribution in [0.25, 0.3) is 27.2 Å². The normalized spacial score (nSPS) is 21.5. The first kappa shape index (κ1) is 17.3. The van der Waals surface area contributed by atoms with Crippen molar-refractivity contribution in [3.8, 4) is 0 Å². The number of carbonyl (C=O) groups excluding carboxylic acids is 2. The van der Waals surface area contributed by atoms with Crippen molar-refractivity contribution in [2.45, 2.75) is 13.1 Å². The Hall–Kier alpha value is -2.76. The van der Waals surface area contributed by atoms with Crippen LogP contribution in [0.2, 0.25) is 0 Å². The third-order valence-electron chi connectivity index (χ3n) is 6.07. The van der Waals surface area contributed by atoms with Crippen LogP contribution in [0.5, 0.6) is 0 Å². The number of fused-ring (bicyclic) bond motifs is 5. The number of rotatable bonds is 3. The first-order chi connectivity index (χ1) is 13.4. The van der Waals surface area contributed by atoms with E-state index < -0.39 is 0 Å². The fourth-order valence-corrected chi connectivity index (χ4v) is 4.65. The maximum Gasteiger partial charge on any atom is 0.178 e. The van der Waals surface area contributed by atoms with E-state index in [1.165, 1.54) is 0 Å². The van der Waals surface area contributed by atoms with Gasteiger partial charge in [-0.3, -0.25) is 18.6 Å². The second kappa shape index (κ2) is 5.87. The average molecular weight is 374 g/mol. The second-order valence-corrected chi connectivity index (χ2v) is 8.55. The molecule has 28 heavy (non-hydrogen) atoms. The molecule has 0 amide bonds. The van der Waals surface area contributed by atoms with Gasteiger partial charge in [0, 0.05) is 11.9 Å². The summed E-state index contributed by atoms with van der Waals surface area (Å²) in [7, 11) is 6.29. The Morgan fingerprint density at radius 1 is 1.07 bits per heavy atom. The Labute approximate surface area is 164 Å². The van der Waals surface area contributed by atoms with Gasteiger partial charge in [-0.05, 0) is 30.9 Å². The molecule has 1 aliphatic carbocycles. The first-order valence-corrected chi connectivity index (χ1v) is 9.70. The lowest BCUT2D eigenvalue weighted by molar-refractivity contribution is -0.882. The predicted octanol–water partition coefficient (Wildman–Crippen LogP) is 3.27. The molecule has 1 atom stereocenters. The van der Waals surface area contributed by atoms with Crippen molar-refractivity contribution in [3.05, 3.63) is 53.9 Å². The van der Waals surface area contributed by atoms with Gasteiger partial charge in [0.15, 0.2) is 18.2 Å². The maximum absolute atomic E-state index is 13.0. The summed E-state index contributed by atoms with van der Waals surface area (Å²) in [4.78, 5) is 27.9. The van der Waals surface area contributed by atoms with E-state index in [0.717, 1.165) is 52.7 Å². The summed E-state index contributed by atoms with van der Waals surface area (Å²) in [5.41, 5.74) is 3.32. The number of hydrogen-bond donors (Lipinski definition) is 0. The molecule has 5 nitrogen and oxygen atoms in total. The Balaban J connectivity index is 1.83. The highest BCUT2D eigenvalue weighted by Gasteiger charge is 2.41. The number of benzene rings is 2. The molecule has 0 fully saturated rings. The van der Waals surface area contributed by atoms with Crippen molar-refractivity contribution in [2.75, 3.05) is 34.2 Å². The summed E-state index contributed by atoms with van der Waals surface area (Å²) in [5.74, 6) is -0.110. The highest BCUT2D eigenvalue weighted by atomic mass is 16.1. The highest BCUT2D eigenvalue weighted by Crippen LogP contribution is 2.42. The van der Waals surface area contributed by atoms with Crippen molar-refractivity contribution < 1.29 is 14.1 Å². The van der Waals surface area contributed by atoms with Crippen LogP contribution in [0.15, 0.2) is 42.6 Å². The van der Waals surface area contributed by atoms with Gasteiger partial charge in [0.2, 0.25) is 0 Å². The predicted molar refractivity (Wildman–Crippen MR) is 111 cm³/mol. The molecular formula is C23H24N3O2+. The van der Waals surface area contributed by atoms with Crippen molar-refractivity contribution in [1.29, 1.82) is 0 Å². The molecule has 0 radical (unpaired) electrons. The maximum atomic E-state index is 13.0. The lowest BCUT2D eigenvalue weighted by Crippen LogP contribution is -2.47. The first-order valence-electron chi connectivity index (χ1n) is 9.70. The number of carbonyl (C=O) groups is 2. The number of nitrogens with zero attached hydrogens (tertiary/aromatic N) is 3. The van der Waals surface area contributed by atoms with Gasteiger partial charge in [0.1, 0.15) is 6.20 Å². The molecule has 142 valence electrons. The van der Waals surface area contributed by atoms with E-state index in [-0.39, 0.29) is 18.0 Å². The van der Waals surface area contributed by atoms with Gasteiger partial charge in [0.05, 0.1) is 42.4 Å². The Morgan fingerprint density at radius 2 is 1.86 bits per heavy atom. The molecule has 2 heterocycles. The second-order valence-electron chi connectivity index (χ2n) is 8.55.